The van der Waals surface area contributed by atoms with E-state index in [4.69, 9.17) is 25.8 Å². The summed E-state index contributed by atoms with van der Waals surface area (Å²) in [6.45, 7) is 2.61. The molecule has 0 bridgehead atoms. The lowest BCUT2D eigenvalue weighted by molar-refractivity contribution is -0.140. The molecule has 0 aromatic heterocycles. The molecule has 3 amide bonds. The summed E-state index contributed by atoms with van der Waals surface area (Å²) in [5.74, 6) is -6.19. The topological polar surface area (TPSA) is 163 Å². The first-order chi connectivity index (χ1) is 16.0. The maximum absolute atomic E-state index is 14.0. The Balaban J connectivity index is 0.000000945. The molecule has 2 aromatic carbocycles. The van der Waals surface area contributed by atoms with E-state index in [1.54, 1.807) is 31.2 Å². The largest absolute Gasteiger partial charge is 0.481 e. The number of carboxylic acid groups (broad SMARTS) is 1. The summed E-state index contributed by atoms with van der Waals surface area (Å²) >= 11 is 0. The van der Waals surface area contributed by atoms with Crippen LogP contribution in [0.1, 0.15) is 45.7 Å². The summed E-state index contributed by atoms with van der Waals surface area (Å²) in [5.41, 5.74) is 5.10. The van der Waals surface area contributed by atoms with Gasteiger partial charge < -0.3 is 20.9 Å². The number of nitrogens with two attached hydrogens (primary N) is 1. The number of fused-ring (bicyclic) bond motifs is 1. The third kappa shape index (κ3) is 5.78. The number of amidine groups is 1. The van der Waals surface area contributed by atoms with Gasteiger partial charge in [-0.25, -0.2) is 13.7 Å². The standard InChI is InChI=1S/C20H18F2N4O4.C2H4O2/c1-2-30-20(17(27)25-9-10-3-5-11(6-4-10)16(23)24)26-18(28)14-12(21)7-8-13(22)15(14)19(26)29;1-2(3)4/h3-8,20H,2,9H2,1H3,(H3,23,24)(H,25,27);1H3,(H,3,4). The zero-order valence-corrected chi connectivity index (χ0v) is 18.2. The van der Waals surface area contributed by atoms with Gasteiger partial charge in [-0.2, -0.15) is 0 Å². The summed E-state index contributed by atoms with van der Waals surface area (Å²) < 4.78 is 33.4. The van der Waals surface area contributed by atoms with Crippen molar-refractivity contribution in [1.29, 1.82) is 5.41 Å². The number of nitrogens with zero attached hydrogens (tertiary/aromatic N) is 1. The van der Waals surface area contributed by atoms with Crippen LogP contribution in [0.25, 0.3) is 0 Å². The van der Waals surface area contributed by atoms with E-state index in [0.717, 1.165) is 19.1 Å². The van der Waals surface area contributed by atoms with Crippen LogP contribution in [0.2, 0.25) is 0 Å². The fraction of sp³-hybridized carbons (Fsp3) is 0.227. The third-order valence-corrected chi connectivity index (χ3v) is 4.48. The van der Waals surface area contributed by atoms with Crippen LogP contribution in [0.4, 0.5) is 8.78 Å². The number of hydrogen-bond acceptors (Lipinski definition) is 6. The Morgan fingerprint density at radius 2 is 1.56 bits per heavy atom. The minimum Gasteiger partial charge on any atom is -0.481 e. The minimum absolute atomic E-state index is 0.0203. The molecule has 34 heavy (non-hydrogen) atoms. The number of amides is 3. The zero-order chi connectivity index (χ0) is 25.6. The smallest absolute Gasteiger partial charge is 0.300 e. The van der Waals surface area contributed by atoms with E-state index in [2.05, 4.69) is 5.32 Å². The van der Waals surface area contributed by atoms with Gasteiger partial charge in [-0.15, -0.1) is 0 Å². The van der Waals surface area contributed by atoms with Crippen LogP contribution in [-0.4, -0.2) is 52.4 Å². The quantitative estimate of drug-likeness (QED) is 0.268. The maximum Gasteiger partial charge on any atom is 0.300 e. The van der Waals surface area contributed by atoms with E-state index in [1.807, 2.05) is 0 Å². The van der Waals surface area contributed by atoms with Crippen molar-refractivity contribution in [3.63, 3.8) is 0 Å². The molecule has 3 rings (SSSR count). The maximum atomic E-state index is 14.0. The number of carbonyl (C=O) groups is 4. The molecule has 0 fully saturated rings. The van der Waals surface area contributed by atoms with Crippen LogP contribution in [0.5, 0.6) is 0 Å². The van der Waals surface area contributed by atoms with Crippen LogP contribution < -0.4 is 11.1 Å². The molecular formula is C22H22F2N4O6. The zero-order valence-electron chi connectivity index (χ0n) is 18.2. The predicted molar refractivity (Wildman–Crippen MR) is 115 cm³/mol. The number of carbonyl (C=O) groups excluding carboxylic acids is 3. The number of carboxylic acids is 1. The van der Waals surface area contributed by atoms with Crippen molar-refractivity contribution in [1.82, 2.24) is 10.2 Å². The number of rotatable bonds is 7. The Hall–Kier alpha value is -4.19. The lowest BCUT2D eigenvalue weighted by atomic mass is 10.1. The molecule has 0 saturated heterocycles. The predicted octanol–water partition coefficient (Wildman–Crippen LogP) is 1.61. The first-order valence-electron chi connectivity index (χ1n) is 9.87. The normalized spacial score (nSPS) is 13.0. The Bertz CT molecular complexity index is 1090. The highest BCUT2D eigenvalue weighted by Crippen LogP contribution is 2.29. The molecule has 0 saturated carbocycles. The van der Waals surface area contributed by atoms with Gasteiger partial charge in [0.25, 0.3) is 23.7 Å². The van der Waals surface area contributed by atoms with Crippen molar-refractivity contribution < 1.29 is 37.8 Å². The average molecular weight is 476 g/mol. The molecular weight excluding hydrogens is 454 g/mol. The monoisotopic (exact) mass is 476 g/mol. The highest BCUT2D eigenvalue weighted by Gasteiger charge is 2.46. The minimum atomic E-state index is -1.70. The van der Waals surface area contributed by atoms with Gasteiger partial charge in [-0.05, 0) is 24.6 Å². The van der Waals surface area contributed by atoms with E-state index in [9.17, 15) is 23.2 Å². The Morgan fingerprint density at radius 1 is 1.09 bits per heavy atom. The molecule has 12 heteroatoms. The number of imide groups is 1. The van der Waals surface area contributed by atoms with E-state index >= 15 is 0 Å². The summed E-state index contributed by atoms with van der Waals surface area (Å²) in [6.07, 6.45) is -1.70. The number of ether oxygens (including phenoxy) is 1. The van der Waals surface area contributed by atoms with E-state index in [0.29, 0.717) is 16.0 Å². The van der Waals surface area contributed by atoms with Crippen molar-refractivity contribution in [3.8, 4) is 0 Å². The van der Waals surface area contributed by atoms with Gasteiger partial charge in [0.2, 0.25) is 6.23 Å². The molecule has 1 atom stereocenters. The fourth-order valence-electron chi connectivity index (χ4n) is 3.02. The van der Waals surface area contributed by atoms with Crippen LogP contribution in [-0.2, 0) is 20.9 Å². The van der Waals surface area contributed by atoms with Crippen molar-refractivity contribution in [2.45, 2.75) is 26.6 Å². The first-order valence-corrected chi connectivity index (χ1v) is 9.87. The second-order valence-electron chi connectivity index (χ2n) is 6.91. The molecule has 5 N–H and O–H groups in total. The van der Waals surface area contributed by atoms with Gasteiger partial charge >= 0.3 is 0 Å². The van der Waals surface area contributed by atoms with Crippen LogP contribution in [0.15, 0.2) is 36.4 Å². The highest BCUT2D eigenvalue weighted by molar-refractivity contribution is 6.23. The number of hydrogen-bond donors (Lipinski definition) is 4. The molecule has 1 aliphatic rings. The van der Waals surface area contributed by atoms with Gasteiger partial charge in [0.1, 0.15) is 17.5 Å². The summed E-state index contributed by atoms with van der Waals surface area (Å²) in [7, 11) is 0. The van der Waals surface area contributed by atoms with Crippen molar-refractivity contribution in [3.05, 3.63) is 70.3 Å². The van der Waals surface area contributed by atoms with Gasteiger partial charge in [-0.3, -0.25) is 24.6 Å². The van der Waals surface area contributed by atoms with Gasteiger partial charge in [0.05, 0.1) is 11.1 Å². The molecule has 1 unspecified atom stereocenters. The third-order valence-electron chi connectivity index (χ3n) is 4.48. The Kier molecular flexibility index (Phi) is 8.51. The molecule has 0 radical (unpaired) electrons. The second kappa shape index (κ2) is 11.1. The van der Waals surface area contributed by atoms with Crippen molar-refractivity contribution >= 4 is 29.5 Å². The summed E-state index contributed by atoms with van der Waals surface area (Å²) in [5, 5.41) is 17.3. The second-order valence-corrected chi connectivity index (χ2v) is 6.91. The van der Waals surface area contributed by atoms with Crippen molar-refractivity contribution in [2.24, 2.45) is 5.73 Å². The SMILES string of the molecule is CC(=O)O.CCOC(C(=O)NCc1ccc(C(=N)N)cc1)N1C(=O)c2c(F)ccc(F)c2C1=O. The number of nitrogens with one attached hydrogen (secondary N) is 2. The molecule has 1 aliphatic heterocycles. The number of benzene rings is 2. The van der Waals surface area contributed by atoms with Gasteiger partial charge in [0, 0.05) is 25.6 Å². The number of aliphatic carboxylic acids is 1. The molecule has 0 spiro atoms. The number of halogens is 2. The Morgan fingerprint density at radius 3 is 1.97 bits per heavy atom. The first kappa shape index (κ1) is 26.1. The molecule has 1 heterocycles. The van der Waals surface area contributed by atoms with Crippen LogP contribution in [0.3, 0.4) is 0 Å². The van der Waals surface area contributed by atoms with Crippen LogP contribution in [0, 0.1) is 17.0 Å². The molecule has 10 nitrogen and oxygen atoms in total. The lowest BCUT2D eigenvalue weighted by Gasteiger charge is -2.24. The number of nitrogen functional groups attached to an aromatic ring is 1. The highest BCUT2D eigenvalue weighted by atomic mass is 19.1. The van der Waals surface area contributed by atoms with Gasteiger partial charge in [0.15, 0.2) is 0 Å². The van der Waals surface area contributed by atoms with Crippen molar-refractivity contribution in [2.75, 3.05) is 6.61 Å². The molecule has 0 aliphatic carbocycles. The Labute approximate surface area is 192 Å². The fourth-order valence-corrected chi connectivity index (χ4v) is 3.02. The van der Waals surface area contributed by atoms with E-state index < -0.39 is 52.7 Å². The van der Waals surface area contributed by atoms with E-state index in [-0.39, 0.29) is 19.0 Å². The van der Waals surface area contributed by atoms with Crippen LogP contribution >= 0.6 is 0 Å². The summed E-state index contributed by atoms with van der Waals surface area (Å²) in [4.78, 5) is 47.2. The molecule has 2 aromatic rings. The molecule has 180 valence electrons. The summed E-state index contributed by atoms with van der Waals surface area (Å²) in [6, 6.07) is 7.95. The average Bonchev–Trinajstić information content (AvgIpc) is 3.04. The van der Waals surface area contributed by atoms with E-state index in [1.165, 1.54) is 0 Å². The van der Waals surface area contributed by atoms with Gasteiger partial charge in [-0.1, -0.05) is 24.3 Å². The lowest BCUT2D eigenvalue weighted by Crippen LogP contribution is -2.51.